The molecule has 2 rings (SSSR count). The number of carboxylic acids is 1. The Balaban J connectivity index is 0.000000594. The van der Waals surface area contributed by atoms with Gasteiger partial charge < -0.3 is 25.5 Å². The minimum absolute atomic E-state index is 0.178. The number of phenols is 4. The average molecular weight is 519 g/mol. The van der Waals surface area contributed by atoms with E-state index in [0.29, 0.717) is 11.5 Å². The number of carboxylic acid groups (broad SMARTS) is 1. The SMILES string of the molecule is CC(C)(C)c1cc(O)cc(C(C)(C)C)c1O.CC(C)(C)c1cc(O)cc(C(C)(C)C)c1O.CCC(=O)O. The van der Waals surface area contributed by atoms with Crippen molar-refractivity contribution in [1.29, 1.82) is 0 Å². The first-order valence-corrected chi connectivity index (χ1v) is 12.7. The molecule has 0 aliphatic rings. The minimum Gasteiger partial charge on any atom is -0.508 e. The van der Waals surface area contributed by atoms with Crippen LogP contribution in [0.25, 0.3) is 0 Å². The Morgan fingerprint density at radius 2 is 0.703 bits per heavy atom. The highest BCUT2D eigenvalue weighted by Gasteiger charge is 2.27. The molecule has 0 aromatic heterocycles. The quantitative estimate of drug-likeness (QED) is 0.245. The average Bonchev–Trinajstić information content (AvgIpc) is 2.68. The van der Waals surface area contributed by atoms with Crippen LogP contribution in [0.4, 0.5) is 0 Å². The van der Waals surface area contributed by atoms with Gasteiger partial charge in [-0.3, -0.25) is 4.79 Å². The van der Waals surface area contributed by atoms with Gasteiger partial charge in [-0.2, -0.15) is 0 Å². The summed E-state index contributed by atoms with van der Waals surface area (Å²) in [6, 6.07) is 6.57. The van der Waals surface area contributed by atoms with Crippen molar-refractivity contribution >= 4 is 5.97 Å². The second-order valence-corrected chi connectivity index (χ2v) is 13.5. The second-order valence-electron chi connectivity index (χ2n) is 13.5. The first-order valence-electron chi connectivity index (χ1n) is 12.7. The number of aliphatic carboxylic acids is 1. The minimum atomic E-state index is -0.745. The molecule has 0 saturated carbocycles. The summed E-state index contributed by atoms with van der Waals surface area (Å²) in [4.78, 5) is 9.37. The third-order valence-electron chi connectivity index (χ3n) is 5.72. The Bertz CT molecular complexity index is 906. The largest absolute Gasteiger partial charge is 0.508 e. The number of carbonyl (C=O) groups is 1. The fourth-order valence-corrected chi connectivity index (χ4v) is 3.53. The Hall–Kier alpha value is -2.89. The van der Waals surface area contributed by atoms with Crippen molar-refractivity contribution in [2.45, 2.75) is 118 Å². The Kier molecular flexibility index (Phi) is 11.2. The van der Waals surface area contributed by atoms with Gasteiger partial charge in [0.25, 0.3) is 0 Å². The summed E-state index contributed by atoms with van der Waals surface area (Å²) < 4.78 is 0. The van der Waals surface area contributed by atoms with Gasteiger partial charge in [-0.15, -0.1) is 0 Å². The van der Waals surface area contributed by atoms with Gasteiger partial charge in [0.1, 0.15) is 23.0 Å². The fourth-order valence-electron chi connectivity index (χ4n) is 3.53. The molecule has 5 N–H and O–H groups in total. The van der Waals surface area contributed by atoms with Crippen molar-refractivity contribution in [3.8, 4) is 23.0 Å². The van der Waals surface area contributed by atoms with E-state index in [4.69, 9.17) is 5.11 Å². The Morgan fingerprint density at radius 3 is 0.811 bits per heavy atom. The first kappa shape index (κ1) is 34.1. The lowest BCUT2D eigenvalue weighted by molar-refractivity contribution is -0.136. The number of aromatic hydroxyl groups is 4. The van der Waals surface area contributed by atoms with Gasteiger partial charge in [-0.25, -0.2) is 0 Å². The van der Waals surface area contributed by atoms with E-state index >= 15 is 0 Å². The molecule has 0 atom stereocenters. The molecule has 0 heterocycles. The van der Waals surface area contributed by atoms with Gasteiger partial charge in [0.15, 0.2) is 0 Å². The van der Waals surface area contributed by atoms with Crippen LogP contribution in [0, 0.1) is 0 Å². The molecule has 0 saturated heterocycles. The van der Waals surface area contributed by atoms with Crippen LogP contribution < -0.4 is 0 Å². The number of hydrogen-bond acceptors (Lipinski definition) is 5. The van der Waals surface area contributed by atoms with E-state index in [1.54, 1.807) is 31.2 Å². The molecule has 0 aliphatic heterocycles. The zero-order chi connectivity index (χ0) is 29.7. The van der Waals surface area contributed by atoms with Crippen LogP contribution in [-0.4, -0.2) is 31.5 Å². The highest BCUT2D eigenvalue weighted by Crippen LogP contribution is 2.42. The standard InChI is InChI=1S/2C14H22O2.C3H6O2/c2*1-13(2,3)10-7-9(15)8-11(12(10)16)14(4,5)6;1-2-3(4)5/h2*7-8,15-16H,1-6H3;2H2,1H3,(H,4,5). The van der Waals surface area contributed by atoms with Crippen LogP contribution in [0.2, 0.25) is 0 Å². The summed E-state index contributed by atoms with van der Waals surface area (Å²) in [7, 11) is 0. The third-order valence-corrected chi connectivity index (χ3v) is 5.72. The van der Waals surface area contributed by atoms with Crippen LogP contribution in [0.5, 0.6) is 23.0 Å². The molecule has 0 aliphatic carbocycles. The number of rotatable bonds is 1. The van der Waals surface area contributed by atoms with E-state index in [-0.39, 0.29) is 39.6 Å². The predicted octanol–water partition coefficient (Wildman–Crippen LogP) is 7.87. The van der Waals surface area contributed by atoms with Gasteiger partial charge in [0, 0.05) is 28.7 Å². The summed E-state index contributed by atoms with van der Waals surface area (Å²) in [6.07, 6.45) is 0.222. The molecule has 0 fully saturated rings. The van der Waals surface area contributed by atoms with Crippen molar-refractivity contribution in [3.63, 3.8) is 0 Å². The summed E-state index contributed by atoms with van der Waals surface area (Å²) in [5.74, 6) is 0.293. The van der Waals surface area contributed by atoms with Crippen LogP contribution in [0.3, 0.4) is 0 Å². The number of phenolic OH excluding ortho intramolecular Hbond substituents is 4. The first-order chi connectivity index (χ1) is 16.3. The van der Waals surface area contributed by atoms with Crippen molar-refractivity contribution in [3.05, 3.63) is 46.5 Å². The topological polar surface area (TPSA) is 118 Å². The van der Waals surface area contributed by atoms with Crippen molar-refractivity contribution < 1.29 is 30.3 Å². The molecule has 0 amide bonds. The molecular weight excluding hydrogens is 468 g/mol. The van der Waals surface area contributed by atoms with Crippen molar-refractivity contribution in [2.24, 2.45) is 0 Å². The van der Waals surface area contributed by atoms with Gasteiger partial charge in [-0.1, -0.05) is 90.0 Å². The van der Waals surface area contributed by atoms with Gasteiger partial charge in [0.2, 0.25) is 0 Å². The molecule has 0 spiro atoms. The van der Waals surface area contributed by atoms with Crippen molar-refractivity contribution in [2.75, 3.05) is 0 Å². The van der Waals surface area contributed by atoms with Crippen LogP contribution in [-0.2, 0) is 26.5 Å². The van der Waals surface area contributed by atoms with E-state index in [9.17, 15) is 25.2 Å². The Morgan fingerprint density at radius 1 is 0.541 bits per heavy atom. The highest BCUT2D eigenvalue weighted by molar-refractivity contribution is 5.66. The molecule has 6 nitrogen and oxygen atoms in total. The molecule has 0 radical (unpaired) electrons. The Labute approximate surface area is 224 Å². The fraction of sp³-hybridized carbons (Fsp3) is 0.581. The van der Waals surface area contributed by atoms with Crippen molar-refractivity contribution in [1.82, 2.24) is 0 Å². The lowest BCUT2D eigenvalue weighted by Gasteiger charge is -2.27. The van der Waals surface area contributed by atoms with E-state index in [1.165, 1.54) is 0 Å². The van der Waals surface area contributed by atoms with Gasteiger partial charge >= 0.3 is 5.97 Å². The second kappa shape index (κ2) is 12.1. The normalized spacial score (nSPS) is 12.1. The van der Waals surface area contributed by atoms with Gasteiger partial charge in [-0.05, 0) is 45.9 Å². The zero-order valence-electron chi connectivity index (χ0n) is 25.2. The summed E-state index contributed by atoms with van der Waals surface area (Å²) >= 11 is 0. The lowest BCUT2D eigenvalue weighted by atomic mass is 9.79. The van der Waals surface area contributed by atoms with Crippen LogP contribution >= 0.6 is 0 Å². The predicted molar refractivity (Wildman–Crippen MR) is 152 cm³/mol. The zero-order valence-corrected chi connectivity index (χ0v) is 25.2. The molecule has 2 aromatic carbocycles. The lowest BCUT2D eigenvalue weighted by Crippen LogP contribution is -2.16. The third kappa shape index (κ3) is 10.6. The highest BCUT2D eigenvalue weighted by atomic mass is 16.4. The maximum absolute atomic E-state index is 10.3. The molecule has 6 heteroatoms. The maximum Gasteiger partial charge on any atom is 0.303 e. The van der Waals surface area contributed by atoms with Crippen LogP contribution in [0.15, 0.2) is 24.3 Å². The monoisotopic (exact) mass is 518 g/mol. The maximum atomic E-state index is 10.3. The summed E-state index contributed by atoms with van der Waals surface area (Å²) in [6.45, 7) is 25.9. The molecule has 37 heavy (non-hydrogen) atoms. The molecule has 0 bridgehead atoms. The van der Waals surface area contributed by atoms with E-state index in [1.807, 2.05) is 83.1 Å². The molecule has 0 unspecified atom stereocenters. The van der Waals surface area contributed by atoms with E-state index < -0.39 is 5.97 Å². The summed E-state index contributed by atoms with van der Waals surface area (Å²) in [5.41, 5.74) is 2.45. The van der Waals surface area contributed by atoms with E-state index in [2.05, 4.69) is 0 Å². The molecular formula is C31H50O6. The van der Waals surface area contributed by atoms with Gasteiger partial charge in [0.05, 0.1) is 0 Å². The number of hydrogen-bond donors (Lipinski definition) is 5. The number of benzene rings is 2. The molecule has 2 aromatic rings. The van der Waals surface area contributed by atoms with Crippen LogP contribution in [0.1, 0.15) is 119 Å². The smallest absolute Gasteiger partial charge is 0.303 e. The van der Waals surface area contributed by atoms with E-state index in [0.717, 1.165) is 22.3 Å². The summed E-state index contributed by atoms with van der Waals surface area (Å²) in [5, 5.41) is 47.7. The molecule has 210 valence electrons.